The molecule has 0 atom stereocenters. The predicted octanol–water partition coefficient (Wildman–Crippen LogP) is 5.00. The molecule has 7 heteroatoms. The summed E-state index contributed by atoms with van der Waals surface area (Å²) in [5.74, 6) is 0.640. The number of piperidine rings is 1. The van der Waals surface area contributed by atoms with Gasteiger partial charge in [0.1, 0.15) is 0 Å². The topological polar surface area (TPSA) is 73.9 Å². The lowest BCUT2D eigenvalue weighted by molar-refractivity contribution is 0.0718. The molecule has 0 radical (unpaired) electrons. The van der Waals surface area contributed by atoms with Crippen molar-refractivity contribution in [3.63, 3.8) is 0 Å². The van der Waals surface area contributed by atoms with Gasteiger partial charge in [-0.2, -0.15) is 0 Å². The van der Waals surface area contributed by atoms with Gasteiger partial charge in [-0.1, -0.05) is 48.0 Å². The van der Waals surface area contributed by atoms with Gasteiger partial charge < -0.3 is 15.2 Å². The number of aromatic amines is 1. The van der Waals surface area contributed by atoms with E-state index >= 15 is 0 Å². The average Bonchev–Trinajstić information content (AvgIpc) is 3.25. The monoisotopic (exact) mass is 431 g/mol. The van der Waals surface area contributed by atoms with E-state index in [1.54, 1.807) is 6.20 Å². The van der Waals surface area contributed by atoms with Gasteiger partial charge >= 0.3 is 0 Å². The van der Waals surface area contributed by atoms with Crippen molar-refractivity contribution < 1.29 is 4.79 Å². The lowest BCUT2D eigenvalue weighted by Gasteiger charge is -2.32. The number of nitrogens with zero attached hydrogens (tertiary/aromatic N) is 3. The fourth-order valence-corrected chi connectivity index (χ4v) is 4.26. The summed E-state index contributed by atoms with van der Waals surface area (Å²) < 4.78 is 0. The van der Waals surface area contributed by atoms with Crippen LogP contribution in [0.2, 0.25) is 5.02 Å². The average molecular weight is 432 g/mol. The fraction of sp³-hybridized carbons (Fsp3) is 0.208. The second-order valence-corrected chi connectivity index (χ2v) is 8.12. The number of hydrogen-bond donors (Lipinski definition) is 2. The number of carbonyl (C=O) groups excluding carboxylic acids is 1. The Hall–Kier alpha value is -3.38. The van der Waals surface area contributed by atoms with Crippen molar-refractivity contribution in [2.24, 2.45) is 0 Å². The van der Waals surface area contributed by atoms with Crippen LogP contribution in [0.3, 0.4) is 0 Å². The first-order chi connectivity index (χ1) is 15.2. The highest BCUT2D eigenvalue weighted by Gasteiger charge is 2.24. The SMILES string of the molecule is O=C(c1ccccc1)N1CCC(Nc2ncc(Cl)c(-c3c[nH]c4ccccc34)n2)CC1. The highest BCUT2D eigenvalue weighted by molar-refractivity contribution is 6.33. The Morgan fingerprint density at radius 2 is 1.81 bits per heavy atom. The van der Waals surface area contributed by atoms with Crippen LogP contribution in [-0.4, -0.2) is 44.9 Å². The molecule has 1 aliphatic rings. The predicted molar refractivity (Wildman–Crippen MR) is 123 cm³/mol. The summed E-state index contributed by atoms with van der Waals surface area (Å²) in [4.78, 5) is 26.9. The van der Waals surface area contributed by atoms with Crippen molar-refractivity contribution >= 4 is 34.4 Å². The van der Waals surface area contributed by atoms with Crippen molar-refractivity contribution in [3.05, 3.63) is 77.6 Å². The third-order valence-electron chi connectivity index (χ3n) is 5.72. The van der Waals surface area contributed by atoms with Gasteiger partial charge in [0.2, 0.25) is 5.95 Å². The minimum absolute atomic E-state index is 0.0865. The lowest BCUT2D eigenvalue weighted by atomic mass is 10.0. The van der Waals surface area contributed by atoms with Crippen molar-refractivity contribution in [1.29, 1.82) is 0 Å². The molecule has 0 saturated carbocycles. The molecule has 0 unspecified atom stereocenters. The first kappa shape index (κ1) is 19.6. The number of amides is 1. The van der Waals surface area contributed by atoms with Gasteiger partial charge in [0.15, 0.2) is 0 Å². The summed E-state index contributed by atoms with van der Waals surface area (Å²) in [6.07, 6.45) is 5.25. The Kier molecular flexibility index (Phi) is 5.30. The second-order valence-electron chi connectivity index (χ2n) is 7.71. The summed E-state index contributed by atoms with van der Waals surface area (Å²) in [7, 11) is 0. The van der Waals surface area contributed by atoms with Crippen molar-refractivity contribution in [1.82, 2.24) is 19.9 Å². The van der Waals surface area contributed by atoms with E-state index in [4.69, 9.17) is 16.6 Å². The minimum Gasteiger partial charge on any atom is -0.360 e. The first-order valence-electron chi connectivity index (χ1n) is 10.4. The summed E-state index contributed by atoms with van der Waals surface area (Å²) in [6, 6.07) is 17.7. The zero-order valence-electron chi connectivity index (χ0n) is 16.9. The third-order valence-corrected chi connectivity index (χ3v) is 6.00. The number of nitrogens with one attached hydrogen (secondary N) is 2. The van der Waals surface area contributed by atoms with Crippen LogP contribution in [0, 0.1) is 0 Å². The van der Waals surface area contributed by atoms with Crippen LogP contribution in [-0.2, 0) is 0 Å². The summed E-state index contributed by atoms with van der Waals surface area (Å²) >= 11 is 6.43. The zero-order valence-corrected chi connectivity index (χ0v) is 17.6. The first-order valence-corrected chi connectivity index (χ1v) is 10.8. The van der Waals surface area contributed by atoms with Crippen LogP contribution in [0.5, 0.6) is 0 Å². The molecule has 2 aromatic heterocycles. The molecule has 1 fully saturated rings. The van der Waals surface area contributed by atoms with E-state index in [1.165, 1.54) is 0 Å². The molecule has 0 aliphatic carbocycles. The van der Waals surface area contributed by atoms with Gasteiger partial charge in [0.05, 0.1) is 16.9 Å². The maximum Gasteiger partial charge on any atom is 0.253 e. The van der Waals surface area contributed by atoms with Crippen LogP contribution in [0.1, 0.15) is 23.2 Å². The smallest absolute Gasteiger partial charge is 0.253 e. The summed E-state index contributed by atoms with van der Waals surface area (Å²) in [6.45, 7) is 1.41. The Bertz CT molecular complexity index is 1220. The van der Waals surface area contributed by atoms with Crippen LogP contribution >= 0.6 is 11.6 Å². The molecule has 1 amide bonds. The molecule has 156 valence electrons. The Labute approximate surface area is 185 Å². The minimum atomic E-state index is 0.0865. The molecule has 0 bridgehead atoms. The molecule has 6 nitrogen and oxygen atoms in total. The Morgan fingerprint density at radius 3 is 2.61 bits per heavy atom. The van der Waals surface area contributed by atoms with E-state index in [0.717, 1.165) is 34.9 Å². The molecular formula is C24H22ClN5O. The van der Waals surface area contributed by atoms with E-state index in [-0.39, 0.29) is 11.9 Å². The van der Waals surface area contributed by atoms with Crippen LogP contribution in [0.4, 0.5) is 5.95 Å². The van der Waals surface area contributed by atoms with Crippen LogP contribution in [0.25, 0.3) is 22.2 Å². The van der Waals surface area contributed by atoms with Crippen molar-refractivity contribution in [2.45, 2.75) is 18.9 Å². The van der Waals surface area contributed by atoms with Crippen molar-refractivity contribution in [2.75, 3.05) is 18.4 Å². The largest absolute Gasteiger partial charge is 0.360 e. The number of H-pyrrole nitrogens is 1. The number of rotatable bonds is 4. The van der Waals surface area contributed by atoms with E-state index in [1.807, 2.05) is 65.7 Å². The molecule has 1 aliphatic heterocycles. The van der Waals surface area contributed by atoms with Gasteiger partial charge in [0, 0.05) is 47.4 Å². The maximum atomic E-state index is 12.6. The van der Waals surface area contributed by atoms with E-state index < -0.39 is 0 Å². The number of carbonyl (C=O) groups is 1. The van der Waals surface area contributed by atoms with Gasteiger partial charge in [0.25, 0.3) is 5.91 Å². The van der Waals surface area contributed by atoms with Gasteiger partial charge in [-0.05, 0) is 31.0 Å². The zero-order chi connectivity index (χ0) is 21.2. The number of anilines is 1. The highest BCUT2D eigenvalue weighted by atomic mass is 35.5. The summed E-state index contributed by atoms with van der Waals surface area (Å²) in [5, 5.41) is 5.01. The van der Waals surface area contributed by atoms with E-state index in [9.17, 15) is 4.79 Å². The molecule has 5 rings (SSSR count). The van der Waals surface area contributed by atoms with Gasteiger partial charge in [-0.25, -0.2) is 9.97 Å². The van der Waals surface area contributed by atoms with E-state index in [0.29, 0.717) is 29.8 Å². The Morgan fingerprint density at radius 1 is 1.06 bits per heavy atom. The number of benzene rings is 2. The summed E-state index contributed by atoms with van der Waals surface area (Å²) in [5.41, 5.74) is 3.43. The number of fused-ring (bicyclic) bond motifs is 1. The number of hydrogen-bond acceptors (Lipinski definition) is 4. The molecule has 2 aromatic carbocycles. The number of aromatic nitrogens is 3. The van der Waals surface area contributed by atoms with Crippen LogP contribution < -0.4 is 5.32 Å². The fourth-order valence-electron chi connectivity index (χ4n) is 4.07. The lowest BCUT2D eigenvalue weighted by Crippen LogP contribution is -2.42. The van der Waals surface area contributed by atoms with Crippen molar-refractivity contribution in [3.8, 4) is 11.3 Å². The Balaban J connectivity index is 1.28. The molecule has 4 aromatic rings. The standard InChI is InChI=1S/C24H22ClN5O/c25-20-15-27-24(29-22(20)19-14-26-21-9-5-4-8-18(19)21)28-17-10-12-30(13-11-17)23(31)16-6-2-1-3-7-16/h1-9,14-15,17,26H,10-13H2,(H,27,28,29). The molecule has 1 saturated heterocycles. The molecule has 31 heavy (non-hydrogen) atoms. The third kappa shape index (κ3) is 3.99. The quantitative estimate of drug-likeness (QED) is 0.477. The maximum absolute atomic E-state index is 12.6. The molecule has 3 heterocycles. The van der Waals surface area contributed by atoms with Gasteiger partial charge in [-0.3, -0.25) is 4.79 Å². The normalized spacial score (nSPS) is 14.7. The number of likely N-dealkylation sites (tertiary alicyclic amines) is 1. The number of halogens is 1. The molecular weight excluding hydrogens is 410 g/mol. The van der Waals surface area contributed by atoms with E-state index in [2.05, 4.69) is 15.3 Å². The highest BCUT2D eigenvalue weighted by Crippen LogP contribution is 2.32. The van der Waals surface area contributed by atoms with Crippen LogP contribution in [0.15, 0.2) is 67.0 Å². The van der Waals surface area contributed by atoms with Gasteiger partial charge in [-0.15, -0.1) is 0 Å². The number of para-hydroxylation sites is 1. The second kappa shape index (κ2) is 8.40. The molecule has 0 spiro atoms. The molecule has 2 N–H and O–H groups in total.